The summed E-state index contributed by atoms with van der Waals surface area (Å²) in [5.41, 5.74) is 4.45. The van der Waals surface area contributed by atoms with E-state index in [9.17, 15) is 4.79 Å². The highest BCUT2D eigenvalue weighted by Crippen LogP contribution is 2.18. The normalized spacial score (nSPS) is 10.4. The predicted molar refractivity (Wildman–Crippen MR) is 104 cm³/mol. The van der Waals surface area contributed by atoms with Gasteiger partial charge in [-0.15, -0.1) is 0 Å². The fourth-order valence-electron chi connectivity index (χ4n) is 2.71. The number of pyridine rings is 2. The Morgan fingerprint density at radius 2 is 1.92 bits per heavy atom. The van der Waals surface area contributed by atoms with E-state index >= 15 is 0 Å². The molecule has 0 saturated carbocycles. The van der Waals surface area contributed by atoms with Crippen molar-refractivity contribution >= 4 is 17.3 Å². The summed E-state index contributed by atoms with van der Waals surface area (Å²) < 4.78 is 0. The van der Waals surface area contributed by atoms with E-state index in [0.29, 0.717) is 18.8 Å². The van der Waals surface area contributed by atoms with Gasteiger partial charge in [-0.2, -0.15) is 0 Å². The fourth-order valence-corrected chi connectivity index (χ4v) is 2.71. The van der Waals surface area contributed by atoms with Gasteiger partial charge in [0.1, 0.15) is 5.69 Å². The van der Waals surface area contributed by atoms with E-state index in [0.717, 1.165) is 22.5 Å². The van der Waals surface area contributed by atoms with Crippen LogP contribution in [0.4, 0.5) is 11.4 Å². The number of amides is 1. The van der Waals surface area contributed by atoms with E-state index in [1.807, 2.05) is 56.3 Å². The Hall–Kier alpha value is -3.21. The molecule has 132 valence electrons. The number of anilines is 2. The zero-order valence-corrected chi connectivity index (χ0v) is 15.0. The molecule has 0 aliphatic carbocycles. The minimum atomic E-state index is -0.0983. The Bertz CT molecular complexity index is 863. The van der Waals surface area contributed by atoms with Crippen LogP contribution in [0.3, 0.4) is 0 Å². The summed E-state index contributed by atoms with van der Waals surface area (Å²) >= 11 is 0. The Balaban J connectivity index is 1.69. The highest BCUT2D eigenvalue weighted by molar-refractivity contribution is 6.04. The van der Waals surface area contributed by atoms with Crippen molar-refractivity contribution < 1.29 is 4.79 Å². The van der Waals surface area contributed by atoms with E-state index in [2.05, 4.69) is 15.3 Å². The van der Waals surface area contributed by atoms with Gasteiger partial charge in [-0.1, -0.05) is 12.1 Å². The largest absolute Gasteiger partial charge is 0.380 e. The maximum atomic E-state index is 12.8. The number of hydrogen-bond donors (Lipinski definition) is 1. The van der Waals surface area contributed by atoms with Crippen LogP contribution >= 0.6 is 0 Å². The maximum Gasteiger partial charge on any atom is 0.276 e. The third kappa shape index (κ3) is 4.25. The zero-order valence-electron chi connectivity index (χ0n) is 15.0. The summed E-state index contributed by atoms with van der Waals surface area (Å²) in [7, 11) is 0. The van der Waals surface area contributed by atoms with Crippen LogP contribution in [0.25, 0.3) is 0 Å². The lowest BCUT2D eigenvalue weighted by Crippen LogP contribution is -2.31. The molecule has 0 atom stereocenters. The lowest BCUT2D eigenvalue weighted by atomic mass is 10.2. The second-order valence-corrected chi connectivity index (χ2v) is 6.03. The molecule has 2 heterocycles. The van der Waals surface area contributed by atoms with Crippen LogP contribution in [0.1, 0.15) is 28.5 Å². The minimum Gasteiger partial charge on any atom is -0.380 e. The molecule has 3 aromatic rings. The topological polar surface area (TPSA) is 58.1 Å². The third-order valence-corrected chi connectivity index (χ3v) is 4.10. The standard InChI is InChI=1S/C21H22N4O/c1-3-25(19-6-4-5-16(2)13-19)21(26)20-8-7-18(15-24-20)23-14-17-9-11-22-12-10-17/h4-13,15,23H,3,14H2,1-2H3. The van der Waals surface area contributed by atoms with Crippen molar-refractivity contribution in [3.05, 3.63) is 83.9 Å². The number of nitrogens with zero attached hydrogens (tertiary/aromatic N) is 3. The predicted octanol–water partition coefficient (Wildman–Crippen LogP) is 4.06. The van der Waals surface area contributed by atoms with Gasteiger partial charge in [0.05, 0.1) is 11.9 Å². The van der Waals surface area contributed by atoms with E-state index in [-0.39, 0.29) is 5.91 Å². The van der Waals surface area contributed by atoms with Gasteiger partial charge in [0.2, 0.25) is 0 Å². The molecule has 0 aliphatic rings. The van der Waals surface area contributed by atoms with Crippen molar-refractivity contribution in [1.29, 1.82) is 0 Å². The summed E-state index contributed by atoms with van der Waals surface area (Å²) in [6.07, 6.45) is 5.22. The number of aromatic nitrogens is 2. The summed E-state index contributed by atoms with van der Waals surface area (Å²) in [6, 6.07) is 15.5. The van der Waals surface area contributed by atoms with E-state index in [1.54, 1.807) is 29.6 Å². The summed E-state index contributed by atoms with van der Waals surface area (Å²) in [4.78, 5) is 22.9. The van der Waals surface area contributed by atoms with Gasteiger partial charge >= 0.3 is 0 Å². The van der Waals surface area contributed by atoms with Crippen molar-refractivity contribution in [2.45, 2.75) is 20.4 Å². The number of carbonyl (C=O) groups excluding carboxylic acids is 1. The number of benzene rings is 1. The van der Waals surface area contributed by atoms with Crippen LogP contribution in [0.15, 0.2) is 67.1 Å². The van der Waals surface area contributed by atoms with E-state index in [1.165, 1.54) is 0 Å². The summed E-state index contributed by atoms with van der Waals surface area (Å²) in [5, 5.41) is 3.29. The molecule has 5 nitrogen and oxygen atoms in total. The smallest absolute Gasteiger partial charge is 0.276 e. The molecule has 0 saturated heterocycles. The lowest BCUT2D eigenvalue weighted by Gasteiger charge is -2.21. The van der Waals surface area contributed by atoms with Crippen LogP contribution in [0, 0.1) is 6.92 Å². The van der Waals surface area contributed by atoms with E-state index in [4.69, 9.17) is 0 Å². The second-order valence-electron chi connectivity index (χ2n) is 6.03. The average molecular weight is 346 g/mol. The number of nitrogens with one attached hydrogen (secondary N) is 1. The first kappa shape index (κ1) is 17.6. The van der Waals surface area contributed by atoms with Crippen LogP contribution in [-0.4, -0.2) is 22.4 Å². The lowest BCUT2D eigenvalue weighted by molar-refractivity contribution is 0.0983. The monoisotopic (exact) mass is 346 g/mol. The zero-order chi connectivity index (χ0) is 18.4. The first-order valence-electron chi connectivity index (χ1n) is 8.64. The summed E-state index contributed by atoms with van der Waals surface area (Å²) in [6.45, 7) is 5.25. The van der Waals surface area contributed by atoms with Gasteiger partial charge in [0, 0.05) is 31.2 Å². The van der Waals surface area contributed by atoms with Gasteiger partial charge in [-0.05, 0) is 61.4 Å². The third-order valence-electron chi connectivity index (χ3n) is 4.10. The molecule has 3 rings (SSSR count). The SMILES string of the molecule is CCN(C(=O)c1ccc(NCc2ccncc2)cn1)c1cccc(C)c1. The van der Waals surface area contributed by atoms with Crippen molar-refractivity contribution in [2.75, 3.05) is 16.8 Å². The maximum absolute atomic E-state index is 12.8. The Kier molecular flexibility index (Phi) is 5.59. The Morgan fingerprint density at radius 1 is 1.12 bits per heavy atom. The molecule has 1 amide bonds. The first-order chi connectivity index (χ1) is 12.7. The van der Waals surface area contributed by atoms with Gasteiger partial charge in [-0.3, -0.25) is 9.78 Å². The number of aryl methyl sites for hydroxylation is 1. The molecular weight excluding hydrogens is 324 g/mol. The summed E-state index contributed by atoms with van der Waals surface area (Å²) in [5.74, 6) is -0.0983. The molecule has 5 heteroatoms. The molecule has 26 heavy (non-hydrogen) atoms. The molecule has 2 aromatic heterocycles. The van der Waals surface area contributed by atoms with Crippen LogP contribution < -0.4 is 10.2 Å². The average Bonchev–Trinajstić information content (AvgIpc) is 2.68. The Morgan fingerprint density at radius 3 is 2.58 bits per heavy atom. The molecule has 1 N–H and O–H groups in total. The van der Waals surface area contributed by atoms with Crippen molar-refractivity contribution in [3.63, 3.8) is 0 Å². The van der Waals surface area contributed by atoms with Gasteiger partial charge in [0.25, 0.3) is 5.91 Å². The number of rotatable bonds is 6. The van der Waals surface area contributed by atoms with Crippen LogP contribution in [-0.2, 0) is 6.54 Å². The number of carbonyl (C=O) groups is 1. The number of hydrogen-bond acceptors (Lipinski definition) is 4. The minimum absolute atomic E-state index is 0.0983. The molecular formula is C21H22N4O. The van der Waals surface area contributed by atoms with Crippen LogP contribution in [0.5, 0.6) is 0 Å². The quantitative estimate of drug-likeness (QED) is 0.731. The fraction of sp³-hybridized carbons (Fsp3) is 0.190. The van der Waals surface area contributed by atoms with E-state index < -0.39 is 0 Å². The molecule has 0 spiro atoms. The van der Waals surface area contributed by atoms with Gasteiger partial charge < -0.3 is 10.2 Å². The molecule has 1 aromatic carbocycles. The first-order valence-corrected chi connectivity index (χ1v) is 8.64. The molecule has 0 fully saturated rings. The molecule has 0 bridgehead atoms. The van der Waals surface area contributed by atoms with Gasteiger partial charge in [-0.25, -0.2) is 4.98 Å². The van der Waals surface area contributed by atoms with Crippen molar-refractivity contribution in [2.24, 2.45) is 0 Å². The van der Waals surface area contributed by atoms with Crippen molar-refractivity contribution in [1.82, 2.24) is 9.97 Å². The van der Waals surface area contributed by atoms with Crippen LogP contribution in [0.2, 0.25) is 0 Å². The second kappa shape index (κ2) is 8.25. The molecule has 0 aliphatic heterocycles. The van der Waals surface area contributed by atoms with Crippen molar-refractivity contribution in [3.8, 4) is 0 Å². The van der Waals surface area contributed by atoms with Gasteiger partial charge in [0.15, 0.2) is 0 Å². The molecule has 0 unspecified atom stereocenters. The molecule has 0 radical (unpaired) electrons. The highest BCUT2D eigenvalue weighted by Gasteiger charge is 2.17. The Labute approximate surface area is 153 Å². The highest BCUT2D eigenvalue weighted by atomic mass is 16.2.